The maximum atomic E-state index is 15.4. The number of alkyl halides is 3. The summed E-state index contributed by atoms with van der Waals surface area (Å²) in [6, 6.07) is 8.08. The third-order valence-corrected chi connectivity index (χ3v) is 10.7. The minimum absolute atomic E-state index is 0.00925. The molecule has 1 aliphatic carbocycles. The molecule has 2 fully saturated rings. The van der Waals surface area contributed by atoms with Crippen molar-refractivity contribution in [2.45, 2.75) is 60.2 Å². The van der Waals surface area contributed by atoms with Gasteiger partial charge < -0.3 is 15.3 Å². The van der Waals surface area contributed by atoms with E-state index in [9.17, 15) is 49.5 Å². The van der Waals surface area contributed by atoms with Crippen LogP contribution in [0.1, 0.15) is 91.0 Å². The maximum Gasteiger partial charge on any atom is 0.416 e. The molecule has 0 bridgehead atoms. The Kier molecular flexibility index (Phi) is 9.20. The lowest BCUT2D eigenvalue weighted by atomic mass is 9.96. The van der Waals surface area contributed by atoms with Crippen LogP contribution < -0.4 is 5.32 Å². The Hall–Kier alpha value is -4.31. The van der Waals surface area contributed by atoms with Crippen molar-refractivity contribution in [3.05, 3.63) is 93.3 Å². The molecule has 1 saturated heterocycles. The number of hydrogen-bond donors (Lipinski definition) is 2. The fourth-order valence-corrected chi connectivity index (χ4v) is 7.95. The first kappa shape index (κ1) is 35.0. The van der Waals surface area contributed by atoms with E-state index in [0.717, 1.165) is 24.6 Å². The number of hydrogen-bond acceptors (Lipinski definition) is 7. The summed E-state index contributed by atoms with van der Waals surface area (Å²) in [5, 5.41) is 12.2. The van der Waals surface area contributed by atoms with Crippen LogP contribution >= 0.6 is 0 Å². The van der Waals surface area contributed by atoms with Crippen LogP contribution in [0, 0.1) is 5.82 Å². The Labute approximate surface area is 273 Å². The molecule has 0 unspecified atom stereocenters. The van der Waals surface area contributed by atoms with Gasteiger partial charge in [-0.25, -0.2) is 26.0 Å². The Morgan fingerprint density at radius 1 is 0.958 bits per heavy atom. The van der Waals surface area contributed by atoms with Crippen molar-refractivity contribution < 1.29 is 53.9 Å². The Bertz CT molecular complexity index is 2060. The minimum Gasteiger partial charge on any atom is -0.478 e. The standard InChI is InChI=1S/C32H30F4N2O8S2/c1-47(43,44)20-6-3-5-18(15-20)30(40)38-14-4-7-24(38)21-11-12-22(31(41)42)26(28(21)48(2,45)46)29(39)37-16-19-10-13-23(32(34,35)36)25(27(19)33)17-8-9-17/h3,5-6,10-13,15,17,24H,4,7-9,14,16H2,1-2H3,(H,37,39)(H,41,42)/t24-/m1/s1. The van der Waals surface area contributed by atoms with Gasteiger partial charge in [0.25, 0.3) is 11.8 Å². The fourth-order valence-electron chi connectivity index (χ4n) is 6.08. The zero-order valence-corrected chi connectivity index (χ0v) is 27.2. The summed E-state index contributed by atoms with van der Waals surface area (Å²) in [6.07, 6.45) is -1.77. The van der Waals surface area contributed by atoms with E-state index in [2.05, 4.69) is 5.32 Å². The quantitative estimate of drug-likeness (QED) is 0.290. The highest BCUT2D eigenvalue weighted by Gasteiger charge is 2.41. The average molecular weight is 711 g/mol. The van der Waals surface area contributed by atoms with Crippen molar-refractivity contribution in [1.82, 2.24) is 10.2 Å². The molecule has 0 radical (unpaired) electrons. The second-order valence-electron chi connectivity index (χ2n) is 11.9. The molecule has 0 spiro atoms. The van der Waals surface area contributed by atoms with Gasteiger partial charge in [-0.2, -0.15) is 13.2 Å². The summed E-state index contributed by atoms with van der Waals surface area (Å²) in [7, 11) is -8.07. The lowest BCUT2D eigenvalue weighted by Crippen LogP contribution is -2.33. The van der Waals surface area contributed by atoms with Crippen LogP contribution in [0.3, 0.4) is 0 Å². The number of halogens is 4. The van der Waals surface area contributed by atoms with Crippen LogP contribution in [-0.4, -0.2) is 63.7 Å². The van der Waals surface area contributed by atoms with Gasteiger partial charge in [0.15, 0.2) is 19.7 Å². The summed E-state index contributed by atoms with van der Waals surface area (Å²) < 4.78 is 107. The molecule has 16 heteroatoms. The van der Waals surface area contributed by atoms with Gasteiger partial charge in [0.1, 0.15) is 5.82 Å². The number of carboxylic acids is 1. The zero-order valence-electron chi connectivity index (χ0n) is 25.6. The van der Waals surface area contributed by atoms with Crippen molar-refractivity contribution in [3.8, 4) is 0 Å². The molecule has 2 aliphatic rings. The molecule has 1 saturated carbocycles. The molecule has 2 amide bonds. The molecular formula is C32H30F4N2O8S2. The number of sulfone groups is 2. The van der Waals surface area contributed by atoms with Crippen molar-refractivity contribution in [2.75, 3.05) is 19.1 Å². The molecule has 48 heavy (non-hydrogen) atoms. The van der Waals surface area contributed by atoms with Crippen LogP contribution in [0.5, 0.6) is 0 Å². The lowest BCUT2D eigenvalue weighted by molar-refractivity contribution is -0.138. The number of nitrogens with one attached hydrogen (secondary N) is 1. The van der Waals surface area contributed by atoms with E-state index in [1.54, 1.807) is 0 Å². The van der Waals surface area contributed by atoms with Gasteiger partial charge in [0.05, 0.1) is 32.5 Å². The van der Waals surface area contributed by atoms with Crippen LogP contribution in [-0.2, 0) is 32.4 Å². The van der Waals surface area contributed by atoms with Crippen LogP contribution in [0.2, 0.25) is 0 Å². The molecule has 0 aromatic heterocycles. The number of carbonyl (C=O) groups excluding carboxylic acids is 2. The van der Waals surface area contributed by atoms with Gasteiger partial charge in [-0.3, -0.25) is 9.59 Å². The summed E-state index contributed by atoms with van der Waals surface area (Å²) in [5.74, 6) is -5.33. The fraction of sp³-hybridized carbons (Fsp3) is 0.344. The predicted molar refractivity (Wildman–Crippen MR) is 164 cm³/mol. The predicted octanol–water partition coefficient (Wildman–Crippen LogP) is 5.13. The zero-order chi connectivity index (χ0) is 35.3. The first-order valence-electron chi connectivity index (χ1n) is 14.7. The maximum absolute atomic E-state index is 15.4. The van der Waals surface area contributed by atoms with Gasteiger partial charge in [-0.1, -0.05) is 18.2 Å². The first-order chi connectivity index (χ1) is 22.3. The SMILES string of the molecule is CS(=O)(=O)c1cccc(C(=O)N2CCC[C@@H]2c2ccc(C(=O)O)c(C(=O)NCc3ccc(C(F)(F)F)c(C4CC4)c3F)c2S(C)(=O)=O)c1. The summed E-state index contributed by atoms with van der Waals surface area (Å²) in [5.41, 5.74) is -3.50. The second kappa shape index (κ2) is 12.6. The normalized spacial score (nSPS) is 17.0. The molecule has 3 aromatic rings. The van der Waals surface area contributed by atoms with E-state index in [4.69, 9.17) is 0 Å². The topological polar surface area (TPSA) is 155 Å². The minimum atomic E-state index is -4.81. The van der Waals surface area contributed by atoms with Crippen molar-refractivity contribution >= 4 is 37.5 Å². The van der Waals surface area contributed by atoms with Crippen molar-refractivity contribution in [1.29, 1.82) is 0 Å². The Morgan fingerprint density at radius 3 is 2.23 bits per heavy atom. The van der Waals surface area contributed by atoms with Crippen molar-refractivity contribution in [3.63, 3.8) is 0 Å². The van der Waals surface area contributed by atoms with E-state index in [1.807, 2.05) is 0 Å². The molecule has 1 heterocycles. The number of carbonyl (C=O) groups is 3. The van der Waals surface area contributed by atoms with Gasteiger partial charge in [-0.15, -0.1) is 0 Å². The van der Waals surface area contributed by atoms with E-state index >= 15 is 4.39 Å². The number of rotatable bonds is 9. The molecule has 3 aromatic carbocycles. The summed E-state index contributed by atoms with van der Waals surface area (Å²) in [6.45, 7) is -0.547. The second-order valence-corrected chi connectivity index (χ2v) is 15.9. The number of benzene rings is 3. The molecule has 256 valence electrons. The van der Waals surface area contributed by atoms with Crippen LogP contribution in [0.25, 0.3) is 0 Å². The van der Waals surface area contributed by atoms with Gasteiger partial charge >= 0.3 is 12.1 Å². The number of carboxylic acid groups (broad SMARTS) is 1. The molecule has 2 N–H and O–H groups in total. The van der Waals surface area contributed by atoms with Gasteiger partial charge in [0.2, 0.25) is 0 Å². The molecular weight excluding hydrogens is 680 g/mol. The van der Waals surface area contributed by atoms with Crippen molar-refractivity contribution in [2.24, 2.45) is 0 Å². The van der Waals surface area contributed by atoms with Gasteiger partial charge in [0, 0.05) is 42.3 Å². The lowest BCUT2D eigenvalue weighted by Gasteiger charge is -2.28. The third kappa shape index (κ3) is 6.95. The Morgan fingerprint density at radius 2 is 1.65 bits per heavy atom. The Balaban J connectivity index is 1.54. The van der Waals surface area contributed by atoms with E-state index in [1.165, 1.54) is 35.2 Å². The van der Waals surface area contributed by atoms with E-state index in [-0.39, 0.29) is 34.6 Å². The summed E-state index contributed by atoms with van der Waals surface area (Å²) in [4.78, 5) is 40.0. The smallest absolute Gasteiger partial charge is 0.416 e. The van der Waals surface area contributed by atoms with E-state index < -0.39 is 95.1 Å². The third-order valence-electron chi connectivity index (χ3n) is 8.39. The number of likely N-dealkylation sites (tertiary alicyclic amines) is 1. The van der Waals surface area contributed by atoms with Gasteiger partial charge in [-0.05, 0) is 67.5 Å². The van der Waals surface area contributed by atoms with Crippen LogP contribution in [0.15, 0.2) is 58.3 Å². The number of nitrogens with zero attached hydrogens (tertiary/aromatic N) is 1. The van der Waals surface area contributed by atoms with Crippen LogP contribution in [0.4, 0.5) is 17.6 Å². The molecule has 1 atom stereocenters. The molecule has 5 rings (SSSR count). The molecule has 10 nitrogen and oxygen atoms in total. The summed E-state index contributed by atoms with van der Waals surface area (Å²) >= 11 is 0. The highest BCUT2D eigenvalue weighted by molar-refractivity contribution is 7.91. The average Bonchev–Trinajstić information content (AvgIpc) is 3.72. The highest BCUT2D eigenvalue weighted by Crippen LogP contribution is 2.47. The molecule has 1 aliphatic heterocycles. The number of aromatic carboxylic acids is 1. The van der Waals surface area contributed by atoms with E-state index in [0.29, 0.717) is 25.3 Å². The highest BCUT2D eigenvalue weighted by atomic mass is 32.2. The monoisotopic (exact) mass is 710 g/mol. The first-order valence-corrected chi connectivity index (χ1v) is 18.5. The largest absolute Gasteiger partial charge is 0.478 e. The number of amides is 2.